The molecular formula is C35H43ClN8O5S. The molecule has 0 aliphatic carbocycles. The number of carbonyl (C=O) groups excluding carboxylic acids is 1. The third-order valence-electron chi connectivity index (χ3n) is 9.40. The molecule has 266 valence electrons. The zero-order valence-electron chi connectivity index (χ0n) is 28.8. The van der Waals surface area contributed by atoms with E-state index in [4.69, 9.17) is 21.1 Å². The van der Waals surface area contributed by atoms with Crippen LogP contribution in [0, 0.1) is 0 Å². The van der Waals surface area contributed by atoms with Crippen molar-refractivity contribution in [1.29, 1.82) is 0 Å². The Kier molecular flexibility index (Phi) is 9.20. The number of aromatic nitrogens is 3. The van der Waals surface area contributed by atoms with Crippen molar-refractivity contribution in [1.82, 2.24) is 23.7 Å². The maximum absolute atomic E-state index is 12.5. The molecule has 2 N–H and O–H groups in total. The zero-order valence-corrected chi connectivity index (χ0v) is 30.4. The van der Waals surface area contributed by atoms with E-state index in [-0.39, 0.29) is 11.1 Å². The van der Waals surface area contributed by atoms with Gasteiger partial charge in [0, 0.05) is 74.6 Å². The van der Waals surface area contributed by atoms with Gasteiger partial charge in [-0.25, -0.2) is 22.2 Å². The van der Waals surface area contributed by atoms with Crippen molar-refractivity contribution in [3.63, 3.8) is 0 Å². The van der Waals surface area contributed by atoms with Gasteiger partial charge >= 0.3 is 6.09 Å². The fourth-order valence-corrected chi connectivity index (χ4v) is 8.00. The molecule has 2 saturated heterocycles. The number of nitrogens with one attached hydrogen (secondary N) is 2. The Hall–Kier alpha value is -4.27. The minimum Gasteiger partial charge on any atom is -0.491 e. The van der Waals surface area contributed by atoms with E-state index in [0.29, 0.717) is 48.7 Å². The zero-order chi connectivity index (χ0) is 35.2. The van der Waals surface area contributed by atoms with Gasteiger partial charge in [-0.15, -0.1) is 0 Å². The third kappa shape index (κ3) is 7.14. The molecule has 2 aromatic carbocycles. The maximum Gasteiger partial charge on any atom is 0.410 e. The number of piperazine rings is 1. The molecule has 3 aliphatic heterocycles. The second-order valence-corrected chi connectivity index (χ2v) is 16.3. The van der Waals surface area contributed by atoms with Crippen LogP contribution < -0.4 is 20.3 Å². The average Bonchev–Trinajstić information content (AvgIpc) is 3.75. The molecule has 5 heterocycles. The largest absolute Gasteiger partial charge is 0.491 e. The highest BCUT2D eigenvalue weighted by Crippen LogP contribution is 2.42. The number of ether oxygens (including phenoxy) is 2. The molecule has 13 nitrogen and oxygen atoms in total. The molecule has 2 aromatic heterocycles. The van der Waals surface area contributed by atoms with Crippen LogP contribution in [0.15, 0.2) is 48.8 Å². The second kappa shape index (κ2) is 13.5. The molecule has 0 saturated carbocycles. The SMILES string of the molecule is CC(C)(C)OC(=O)N1CCN(C2CCN(c3ccc(Nc4ncc(Cl)c(Nc5cccc6ccn(S(C)(=O)=O)c56)n4)c4c3CCO4)CC2)CC1. The van der Waals surface area contributed by atoms with Gasteiger partial charge in [0.25, 0.3) is 0 Å². The number of carbonyl (C=O) groups is 1. The number of hydrogen-bond acceptors (Lipinski definition) is 11. The summed E-state index contributed by atoms with van der Waals surface area (Å²) in [6, 6.07) is 11.9. The summed E-state index contributed by atoms with van der Waals surface area (Å²) in [5, 5.41) is 7.58. The molecule has 3 aliphatic rings. The summed E-state index contributed by atoms with van der Waals surface area (Å²) in [5.74, 6) is 1.45. The van der Waals surface area contributed by atoms with E-state index in [2.05, 4.69) is 36.5 Å². The second-order valence-electron chi connectivity index (χ2n) is 14.0. The van der Waals surface area contributed by atoms with E-state index in [1.165, 1.54) is 27.6 Å². The Morgan fingerprint density at radius 2 is 1.76 bits per heavy atom. The normalized spacial score (nSPS) is 17.5. The van der Waals surface area contributed by atoms with Crippen LogP contribution in [-0.2, 0) is 21.2 Å². The third-order valence-corrected chi connectivity index (χ3v) is 10.7. The van der Waals surface area contributed by atoms with Crippen molar-refractivity contribution >= 4 is 67.4 Å². The van der Waals surface area contributed by atoms with Crippen LogP contribution in [-0.4, -0.2) is 102 Å². The highest BCUT2D eigenvalue weighted by molar-refractivity contribution is 7.89. The van der Waals surface area contributed by atoms with Crippen LogP contribution in [0.1, 0.15) is 39.2 Å². The fourth-order valence-electron chi connectivity index (χ4n) is 7.05. The van der Waals surface area contributed by atoms with E-state index >= 15 is 0 Å². The summed E-state index contributed by atoms with van der Waals surface area (Å²) < 4.78 is 37.8. The molecule has 1 amide bonds. The number of nitrogens with zero attached hydrogens (tertiary/aromatic N) is 6. The smallest absolute Gasteiger partial charge is 0.410 e. The first-order valence-electron chi connectivity index (χ1n) is 17.0. The summed E-state index contributed by atoms with van der Waals surface area (Å²) in [6.45, 7) is 11.3. The van der Waals surface area contributed by atoms with Gasteiger partial charge in [-0.3, -0.25) is 4.90 Å². The van der Waals surface area contributed by atoms with Crippen molar-refractivity contribution in [3.8, 4) is 5.75 Å². The number of hydrogen-bond donors (Lipinski definition) is 2. The predicted octanol–water partition coefficient (Wildman–Crippen LogP) is 5.84. The van der Waals surface area contributed by atoms with Crippen LogP contribution in [0.25, 0.3) is 10.9 Å². The van der Waals surface area contributed by atoms with Gasteiger partial charge in [0.1, 0.15) is 16.4 Å². The lowest BCUT2D eigenvalue weighted by Gasteiger charge is -2.43. The van der Waals surface area contributed by atoms with E-state index < -0.39 is 15.6 Å². The number of piperidine rings is 1. The van der Waals surface area contributed by atoms with Crippen LogP contribution >= 0.6 is 11.6 Å². The average molecular weight is 723 g/mol. The van der Waals surface area contributed by atoms with E-state index in [0.717, 1.165) is 68.5 Å². The lowest BCUT2D eigenvalue weighted by Crippen LogP contribution is -2.55. The van der Waals surface area contributed by atoms with Gasteiger partial charge in [0.2, 0.25) is 16.0 Å². The first-order valence-corrected chi connectivity index (χ1v) is 19.2. The minimum absolute atomic E-state index is 0.225. The van der Waals surface area contributed by atoms with Crippen molar-refractivity contribution < 1.29 is 22.7 Å². The van der Waals surface area contributed by atoms with Crippen molar-refractivity contribution in [2.75, 3.05) is 67.7 Å². The van der Waals surface area contributed by atoms with Crippen molar-refractivity contribution in [2.45, 2.75) is 51.7 Å². The monoisotopic (exact) mass is 722 g/mol. The highest BCUT2D eigenvalue weighted by atomic mass is 35.5. The minimum atomic E-state index is -3.53. The Balaban J connectivity index is 1.02. The number of fused-ring (bicyclic) bond motifs is 2. The molecule has 0 unspecified atom stereocenters. The Morgan fingerprint density at radius 1 is 1.00 bits per heavy atom. The van der Waals surface area contributed by atoms with Gasteiger partial charge in [-0.2, -0.15) is 4.98 Å². The van der Waals surface area contributed by atoms with Crippen LogP contribution in [0.3, 0.4) is 0 Å². The van der Waals surface area contributed by atoms with Gasteiger partial charge in [0.05, 0.1) is 36.0 Å². The summed E-state index contributed by atoms with van der Waals surface area (Å²) in [5.41, 5.74) is 3.69. The number of halogens is 1. The molecule has 0 radical (unpaired) electrons. The lowest BCUT2D eigenvalue weighted by atomic mass is 9.99. The molecule has 2 fully saturated rings. The Labute approximate surface area is 297 Å². The van der Waals surface area contributed by atoms with Crippen LogP contribution in [0.4, 0.5) is 33.6 Å². The Morgan fingerprint density at radius 3 is 2.48 bits per heavy atom. The molecule has 50 heavy (non-hydrogen) atoms. The molecular weight excluding hydrogens is 680 g/mol. The van der Waals surface area contributed by atoms with Gasteiger partial charge in [-0.1, -0.05) is 23.7 Å². The van der Waals surface area contributed by atoms with Crippen LogP contribution in [0.5, 0.6) is 5.75 Å². The summed E-state index contributed by atoms with van der Waals surface area (Å²) in [4.78, 5) is 28.4. The first kappa shape index (κ1) is 34.2. The highest BCUT2D eigenvalue weighted by Gasteiger charge is 2.32. The van der Waals surface area contributed by atoms with Gasteiger partial charge < -0.3 is 29.9 Å². The van der Waals surface area contributed by atoms with E-state index in [1.54, 1.807) is 12.1 Å². The van der Waals surface area contributed by atoms with Gasteiger partial charge in [-0.05, 0) is 57.9 Å². The quantitative estimate of drug-likeness (QED) is 0.239. The van der Waals surface area contributed by atoms with E-state index in [1.807, 2.05) is 43.9 Å². The number of amides is 1. The van der Waals surface area contributed by atoms with Crippen molar-refractivity contribution in [3.05, 3.63) is 59.4 Å². The van der Waals surface area contributed by atoms with Crippen LogP contribution in [0.2, 0.25) is 5.02 Å². The summed E-state index contributed by atoms with van der Waals surface area (Å²) >= 11 is 6.51. The maximum atomic E-state index is 12.5. The molecule has 4 aromatic rings. The Bertz CT molecular complexity index is 2020. The standard InChI is InChI=1S/C35H43ClN8O5S/c1-35(2,3)49-34(45)43-19-17-41(18-20-43)24-11-14-42(15-12-24)29-9-8-28(31-25(29)13-21-48-31)39-33-37-22-26(36)32(40-33)38-27-7-5-6-23-10-16-44(30(23)27)50(4,46)47/h5-10,16,22,24H,11-15,17-21H2,1-4H3,(H2,37,38,39,40). The van der Waals surface area contributed by atoms with Crippen molar-refractivity contribution in [2.24, 2.45) is 0 Å². The molecule has 0 bridgehead atoms. The lowest BCUT2D eigenvalue weighted by molar-refractivity contribution is 0.00901. The summed E-state index contributed by atoms with van der Waals surface area (Å²) in [6.07, 6.45) is 6.89. The topological polar surface area (TPSA) is 134 Å². The predicted molar refractivity (Wildman–Crippen MR) is 196 cm³/mol. The fraction of sp³-hybridized carbons (Fsp3) is 0.457. The number of rotatable bonds is 7. The number of benzene rings is 2. The molecule has 7 rings (SSSR count). The van der Waals surface area contributed by atoms with Gasteiger partial charge in [0.15, 0.2) is 5.82 Å². The summed E-state index contributed by atoms with van der Waals surface area (Å²) in [7, 11) is -3.53. The first-order chi connectivity index (χ1) is 23.8. The molecule has 0 spiro atoms. The molecule has 0 atom stereocenters. The molecule has 15 heteroatoms. The van der Waals surface area contributed by atoms with E-state index in [9.17, 15) is 13.2 Å². The number of anilines is 5. The number of para-hydroxylation sites is 1.